The van der Waals surface area contributed by atoms with Gasteiger partial charge in [0.25, 0.3) is 0 Å². The molecular weight excluding hydrogens is 1010 g/mol. The summed E-state index contributed by atoms with van der Waals surface area (Å²) in [7, 11) is 0. The molecule has 5 nitrogen and oxygen atoms in total. The summed E-state index contributed by atoms with van der Waals surface area (Å²) in [6, 6.07) is 64.7. The molecule has 0 unspecified atom stereocenters. The van der Waals surface area contributed by atoms with E-state index in [1.165, 1.54) is 26.7 Å². The number of hydrogen-bond donors (Lipinski definition) is 0. The maximum Gasteiger partial charge on any atom is 0 e. The van der Waals surface area contributed by atoms with E-state index in [9.17, 15) is 0 Å². The van der Waals surface area contributed by atoms with Crippen molar-refractivity contribution in [2.24, 2.45) is 0 Å². The van der Waals surface area contributed by atoms with Crippen molar-refractivity contribution in [3.63, 3.8) is 0 Å². The molecule has 2 aliphatic rings. The fraction of sp³-hybridized carbons (Fsp3) is 0.0588. The van der Waals surface area contributed by atoms with E-state index in [0.29, 0.717) is 11.5 Å². The molecule has 0 saturated heterocycles. The Morgan fingerprint density at radius 3 is 2.03 bits per heavy atom. The van der Waals surface area contributed by atoms with E-state index in [2.05, 4.69) is 186 Å². The molecule has 9 aromatic rings. The smallest absolute Gasteiger partial charge is 0 e. The van der Waals surface area contributed by atoms with Crippen molar-refractivity contribution in [1.29, 1.82) is 0 Å². The number of aryl methyl sites for hydroxylation is 1. The fourth-order valence-corrected chi connectivity index (χ4v) is 11.6. The van der Waals surface area contributed by atoms with Crippen LogP contribution in [0.25, 0.3) is 49.9 Å². The third kappa shape index (κ3) is 6.32. The van der Waals surface area contributed by atoms with Crippen molar-refractivity contribution in [1.82, 2.24) is 9.55 Å². The van der Waals surface area contributed by atoms with Gasteiger partial charge in [-0.1, -0.05) is 91.0 Å². The van der Waals surface area contributed by atoms with Crippen LogP contribution in [0.4, 0.5) is 22.7 Å². The summed E-state index contributed by atoms with van der Waals surface area (Å²) in [4.78, 5) is 9.75. The van der Waals surface area contributed by atoms with Crippen molar-refractivity contribution < 1.29 is 25.8 Å². The average Bonchev–Trinajstić information content (AvgIpc) is 3.99. The molecule has 11 rings (SSSR count). The first-order valence-electron chi connectivity index (χ1n) is 19.2. The Kier molecular flexibility index (Phi) is 9.66. The average molecular weight is 1040 g/mol. The van der Waals surface area contributed by atoms with Gasteiger partial charge in [0, 0.05) is 49.3 Å². The van der Waals surface area contributed by atoms with Crippen molar-refractivity contribution >= 4 is 65.5 Å². The largest absolute Gasteiger partial charge is 0 e. The molecule has 7 heteroatoms. The molecule has 284 valence electrons. The maximum absolute atomic E-state index is 6.63. The Labute approximate surface area is 362 Å². The van der Waals surface area contributed by atoms with Crippen LogP contribution in [0, 0.1) is 25.7 Å². The van der Waals surface area contributed by atoms with E-state index >= 15 is 0 Å². The Hall–Kier alpha value is -5.63. The zero-order chi connectivity index (χ0) is 37.9. The van der Waals surface area contributed by atoms with Crippen molar-refractivity contribution in [2.45, 2.75) is 15.9 Å². The second-order valence-corrected chi connectivity index (χ2v) is 17.2. The molecule has 2 aliphatic heterocycles. The number of aromatic nitrogens is 2. The summed E-state index contributed by atoms with van der Waals surface area (Å²) in [5, 5.41) is 2.30. The van der Waals surface area contributed by atoms with Crippen molar-refractivity contribution in [3.8, 4) is 39.6 Å². The first kappa shape index (κ1) is 36.7. The van der Waals surface area contributed by atoms with Gasteiger partial charge in [0.15, 0.2) is 0 Å². The van der Waals surface area contributed by atoms with Crippen LogP contribution in [0.2, 0.25) is 0 Å². The van der Waals surface area contributed by atoms with Gasteiger partial charge in [0.05, 0.1) is 0 Å². The second-order valence-electron chi connectivity index (χ2n) is 14.4. The summed E-state index contributed by atoms with van der Waals surface area (Å²) in [6.45, 7) is 4.41. The molecule has 0 aliphatic carbocycles. The Balaban J connectivity index is 0.00000408. The van der Waals surface area contributed by atoms with Crippen LogP contribution in [0.1, 0.15) is 16.8 Å². The zero-order valence-corrected chi connectivity index (χ0v) is 36.1. The molecular formula is C51H35N4OPtTe-3. The van der Waals surface area contributed by atoms with Gasteiger partial charge in [0.2, 0.25) is 0 Å². The predicted molar refractivity (Wildman–Crippen MR) is 233 cm³/mol. The number of benzene rings is 7. The van der Waals surface area contributed by atoms with Gasteiger partial charge in [-0.15, -0.1) is 12.7 Å². The molecule has 0 fully saturated rings. The number of nitrogens with zero attached hydrogens (tertiary/aromatic N) is 4. The van der Waals surface area contributed by atoms with Gasteiger partial charge < -0.3 is 9.80 Å². The Morgan fingerprint density at radius 1 is 0.621 bits per heavy atom. The maximum atomic E-state index is 6.63. The molecule has 0 amide bonds. The van der Waals surface area contributed by atoms with Crippen molar-refractivity contribution in [3.05, 3.63) is 199 Å². The number of ether oxygens (including phenoxy) is 1. The first-order chi connectivity index (χ1) is 28.2. The fourth-order valence-electron chi connectivity index (χ4n) is 8.34. The van der Waals surface area contributed by atoms with E-state index in [-0.39, 0.29) is 42.0 Å². The van der Waals surface area contributed by atoms with Crippen molar-refractivity contribution in [2.75, 3.05) is 9.80 Å². The van der Waals surface area contributed by atoms with Crippen LogP contribution in [-0.2, 0) is 30.0 Å². The molecule has 0 bridgehead atoms. The molecule has 0 N–H and O–H groups in total. The van der Waals surface area contributed by atoms with E-state index in [1.54, 1.807) is 0 Å². The summed E-state index contributed by atoms with van der Waals surface area (Å²) < 4.78 is 11.3. The Bertz CT molecular complexity index is 2930. The number of rotatable bonds is 7. The van der Waals surface area contributed by atoms with Gasteiger partial charge >= 0.3 is 179 Å². The van der Waals surface area contributed by atoms with E-state index < -0.39 is 0 Å². The van der Waals surface area contributed by atoms with Crippen LogP contribution < -0.4 is 14.5 Å². The standard InChI is InChI=1S/C51H35N4OTe.Pt/c1-34-28-50(52-45-32-57-31-44(34)45)55-46-23-9-8-20-42(46)43-27-26-39(30-49(43)55)56-38-19-12-18-37(29-38)53-33-54(48-25-11-10-24-47(48)53)51-40(35-14-4-2-5-15-35)21-13-22-41(51)36-16-6-3-7-17-36;/h2-28,33H,31-32H2,1H3;/q-3;. The van der Waals surface area contributed by atoms with E-state index in [1.807, 2.05) is 18.2 Å². The van der Waals surface area contributed by atoms with E-state index in [4.69, 9.17) is 9.72 Å². The number of hydrogen-bond acceptors (Lipinski definition) is 4. The predicted octanol–water partition coefficient (Wildman–Crippen LogP) is 12.3. The van der Waals surface area contributed by atoms with Crippen LogP contribution in [0.5, 0.6) is 11.5 Å². The molecule has 4 heterocycles. The normalized spacial score (nSPS) is 13.1. The molecule has 2 aromatic heterocycles. The SMILES string of the molecule is Cc1cc(-n2c3[c-]c(Oc4[c-]c(N5[CH-]N(c6c(-c7ccccc7)cccc6-c6ccccc6)c6ccccc65)ccc4)ccc3c3ccccc32)nc2c1C[Te]C2.[Pt]. The topological polar surface area (TPSA) is 33.5 Å². The zero-order valence-electron chi connectivity index (χ0n) is 31.5. The minimum Gasteiger partial charge on any atom is 0 e. The summed E-state index contributed by atoms with van der Waals surface area (Å²) in [5.74, 6) is 2.19. The Morgan fingerprint density at radius 2 is 1.28 bits per heavy atom. The molecule has 0 spiro atoms. The van der Waals surface area contributed by atoms with Crippen LogP contribution >= 0.6 is 0 Å². The first-order valence-corrected chi connectivity index (χ1v) is 22.5. The summed E-state index contributed by atoms with van der Waals surface area (Å²) in [6.07, 6.45) is 0. The van der Waals surface area contributed by atoms with Gasteiger partial charge in [0.1, 0.15) is 0 Å². The number of pyridine rings is 1. The number of fused-ring (bicyclic) bond motifs is 5. The van der Waals surface area contributed by atoms with Gasteiger partial charge in [-0.2, -0.15) is 0 Å². The van der Waals surface area contributed by atoms with Gasteiger partial charge in [-0.25, -0.2) is 0 Å². The molecule has 0 saturated carbocycles. The van der Waals surface area contributed by atoms with E-state index in [0.717, 1.165) is 71.7 Å². The molecule has 0 atom stereocenters. The third-order valence-corrected chi connectivity index (χ3v) is 13.8. The second kappa shape index (κ2) is 15.3. The quantitative estimate of drug-likeness (QED) is 0.118. The minimum atomic E-state index is -0.0347. The monoisotopic (exact) mass is 1040 g/mol. The van der Waals surface area contributed by atoms with Gasteiger partial charge in [-0.3, -0.25) is 0 Å². The number of para-hydroxylation sites is 4. The number of anilines is 4. The summed E-state index contributed by atoms with van der Waals surface area (Å²) >= 11 is -0.0347. The van der Waals surface area contributed by atoms with Crippen LogP contribution in [0.3, 0.4) is 0 Å². The summed E-state index contributed by atoms with van der Waals surface area (Å²) in [5.41, 5.74) is 14.9. The molecule has 58 heavy (non-hydrogen) atoms. The van der Waals surface area contributed by atoms with Crippen LogP contribution in [0.15, 0.2) is 164 Å². The van der Waals surface area contributed by atoms with Crippen LogP contribution in [-0.4, -0.2) is 30.5 Å². The molecule has 0 radical (unpaired) electrons. The minimum absolute atomic E-state index is 0. The van der Waals surface area contributed by atoms with Gasteiger partial charge in [-0.05, 0) is 23.3 Å². The third-order valence-electron chi connectivity index (χ3n) is 11.0. The molecule has 7 aromatic carbocycles.